The third-order valence-electron chi connectivity index (χ3n) is 2.53. The van der Waals surface area contributed by atoms with Gasteiger partial charge in [-0.1, -0.05) is 28.2 Å². The maximum Gasteiger partial charge on any atom is 0.267 e. The molecule has 2 rings (SSSR count). The molecule has 94 valence electrons. The Labute approximate surface area is 114 Å². The summed E-state index contributed by atoms with van der Waals surface area (Å²) in [5, 5.41) is 4.53. The van der Waals surface area contributed by atoms with Crippen LogP contribution in [0.25, 0.3) is 0 Å². The number of carbonyl (C=O) groups excluding carboxylic acids is 1. The maximum atomic E-state index is 12.1. The number of rotatable bonds is 3. The van der Waals surface area contributed by atoms with E-state index in [1.54, 1.807) is 18.9 Å². The largest absolute Gasteiger partial charge is 0.337 e. The smallest absolute Gasteiger partial charge is 0.267 e. The van der Waals surface area contributed by atoms with Crippen LogP contribution in [0.2, 0.25) is 5.02 Å². The van der Waals surface area contributed by atoms with Crippen molar-refractivity contribution in [1.29, 1.82) is 0 Å². The third kappa shape index (κ3) is 2.86. The molecule has 0 spiro atoms. The van der Waals surface area contributed by atoms with Gasteiger partial charge in [0.05, 0.1) is 5.69 Å². The lowest BCUT2D eigenvalue weighted by Gasteiger charge is -2.16. The SMILES string of the molecule is Cc1nnsc1C(=O)N(C)Cc1ccc(Cl)cc1. The Balaban J connectivity index is 2.08. The summed E-state index contributed by atoms with van der Waals surface area (Å²) >= 11 is 6.94. The number of hydrogen-bond acceptors (Lipinski definition) is 4. The van der Waals surface area contributed by atoms with Crippen LogP contribution in [0.15, 0.2) is 24.3 Å². The highest BCUT2D eigenvalue weighted by Gasteiger charge is 2.17. The van der Waals surface area contributed by atoms with Crippen molar-refractivity contribution in [2.75, 3.05) is 7.05 Å². The second-order valence-corrected chi connectivity index (χ2v) is 5.17. The Kier molecular flexibility index (Phi) is 3.93. The van der Waals surface area contributed by atoms with Crippen LogP contribution in [0.5, 0.6) is 0 Å². The fourth-order valence-electron chi connectivity index (χ4n) is 1.54. The lowest BCUT2D eigenvalue weighted by molar-refractivity contribution is 0.0789. The van der Waals surface area contributed by atoms with Gasteiger partial charge in [0.15, 0.2) is 0 Å². The quantitative estimate of drug-likeness (QED) is 0.869. The molecule has 6 heteroatoms. The number of carbonyl (C=O) groups is 1. The van der Waals surface area contributed by atoms with Crippen LogP contribution in [0, 0.1) is 6.92 Å². The number of nitrogens with zero attached hydrogens (tertiary/aromatic N) is 3. The minimum atomic E-state index is -0.0579. The van der Waals surface area contributed by atoms with E-state index in [1.165, 1.54) is 0 Å². The van der Waals surface area contributed by atoms with E-state index in [0.29, 0.717) is 22.1 Å². The van der Waals surface area contributed by atoms with Crippen molar-refractivity contribution in [3.05, 3.63) is 45.4 Å². The van der Waals surface area contributed by atoms with Gasteiger partial charge in [-0.25, -0.2) is 0 Å². The summed E-state index contributed by atoms with van der Waals surface area (Å²) in [7, 11) is 1.76. The number of benzene rings is 1. The first-order valence-corrected chi connectivity index (χ1v) is 6.52. The van der Waals surface area contributed by atoms with Crippen molar-refractivity contribution >= 4 is 29.0 Å². The van der Waals surface area contributed by atoms with Gasteiger partial charge < -0.3 is 4.90 Å². The van der Waals surface area contributed by atoms with Gasteiger partial charge >= 0.3 is 0 Å². The molecule has 0 aliphatic heterocycles. The van der Waals surface area contributed by atoms with Crippen molar-refractivity contribution in [2.45, 2.75) is 13.5 Å². The summed E-state index contributed by atoms with van der Waals surface area (Å²) in [6.45, 7) is 2.32. The van der Waals surface area contributed by atoms with Gasteiger partial charge in [-0.05, 0) is 36.2 Å². The fourth-order valence-corrected chi connectivity index (χ4v) is 2.31. The minimum Gasteiger partial charge on any atom is -0.337 e. The monoisotopic (exact) mass is 281 g/mol. The minimum absolute atomic E-state index is 0.0579. The van der Waals surface area contributed by atoms with Gasteiger partial charge in [0.25, 0.3) is 5.91 Å². The molecule has 4 nitrogen and oxygen atoms in total. The normalized spacial score (nSPS) is 10.4. The molecule has 0 fully saturated rings. The van der Waals surface area contributed by atoms with Gasteiger partial charge in [-0.3, -0.25) is 4.79 Å². The molecule has 0 atom stereocenters. The molecule has 0 saturated carbocycles. The Morgan fingerprint density at radius 3 is 2.61 bits per heavy atom. The highest BCUT2D eigenvalue weighted by Crippen LogP contribution is 2.15. The zero-order valence-corrected chi connectivity index (χ0v) is 11.6. The molecule has 0 aliphatic carbocycles. The molecule has 0 unspecified atom stereocenters. The Bertz CT molecular complexity index is 553. The maximum absolute atomic E-state index is 12.1. The molecule has 0 bridgehead atoms. The summed E-state index contributed by atoms with van der Waals surface area (Å²) < 4.78 is 3.77. The molecule has 0 radical (unpaired) electrons. The second-order valence-electron chi connectivity index (χ2n) is 3.98. The first-order chi connectivity index (χ1) is 8.58. The van der Waals surface area contributed by atoms with E-state index in [1.807, 2.05) is 24.3 Å². The van der Waals surface area contributed by atoms with Crippen molar-refractivity contribution in [3.8, 4) is 0 Å². The molecule has 0 saturated heterocycles. The summed E-state index contributed by atoms with van der Waals surface area (Å²) in [5.74, 6) is -0.0579. The Morgan fingerprint density at radius 1 is 1.39 bits per heavy atom. The van der Waals surface area contributed by atoms with Gasteiger partial charge in [0.2, 0.25) is 0 Å². The first kappa shape index (κ1) is 13.0. The van der Waals surface area contributed by atoms with Gasteiger partial charge in [0.1, 0.15) is 4.88 Å². The van der Waals surface area contributed by atoms with Crippen molar-refractivity contribution in [2.24, 2.45) is 0 Å². The van der Waals surface area contributed by atoms with Crippen LogP contribution in [0.1, 0.15) is 20.9 Å². The van der Waals surface area contributed by atoms with Gasteiger partial charge in [0, 0.05) is 18.6 Å². The summed E-state index contributed by atoms with van der Waals surface area (Å²) in [4.78, 5) is 14.4. The lowest BCUT2D eigenvalue weighted by Crippen LogP contribution is -2.26. The number of amides is 1. The standard InChI is InChI=1S/C12H12ClN3OS/c1-8-11(18-15-14-8)12(17)16(2)7-9-3-5-10(13)6-4-9/h3-6H,7H2,1-2H3. The zero-order valence-electron chi connectivity index (χ0n) is 10.1. The fraction of sp³-hybridized carbons (Fsp3) is 0.250. The highest BCUT2D eigenvalue weighted by molar-refractivity contribution is 7.07. The average Bonchev–Trinajstić information content (AvgIpc) is 2.77. The second kappa shape index (κ2) is 5.46. The highest BCUT2D eigenvalue weighted by atomic mass is 35.5. The summed E-state index contributed by atoms with van der Waals surface area (Å²) in [6.07, 6.45) is 0. The molecular formula is C12H12ClN3OS. The van der Waals surface area contributed by atoms with Crippen molar-refractivity contribution in [1.82, 2.24) is 14.5 Å². The molecule has 0 aliphatic rings. The van der Waals surface area contributed by atoms with Crippen LogP contribution in [0.3, 0.4) is 0 Å². The van der Waals surface area contributed by atoms with Gasteiger partial charge in [-0.2, -0.15) is 0 Å². The van der Waals surface area contributed by atoms with E-state index in [9.17, 15) is 4.79 Å². The number of hydrogen-bond donors (Lipinski definition) is 0. The van der Waals surface area contributed by atoms with E-state index in [4.69, 9.17) is 11.6 Å². The number of aryl methyl sites for hydroxylation is 1. The van der Waals surface area contributed by atoms with Crippen molar-refractivity contribution in [3.63, 3.8) is 0 Å². The lowest BCUT2D eigenvalue weighted by atomic mass is 10.2. The molecule has 18 heavy (non-hydrogen) atoms. The number of aromatic nitrogens is 2. The van der Waals surface area contributed by atoms with E-state index in [-0.39, 0.29) is 5.91 Å². The molecule has 1 aromatic carbocycles. The molecule has 0 N–H and O–H groups in total. The van der Waals surface area contributed by atoms with Crippen LogP contribution in [-0.4, -0.2) is 27.4 Å². The van der Waals surface area contributed by atoms with E-state index in [0.717, 1.165) is 17.1 Å². The van der Waals surface area contributed by atoms with E-state index < -0.39 is 0 Å². The van der Waals surface area contributed by atoms with Crippen LogP contribution >= 0.6 is 23.1 Å². The molecule has 1 aromatic heterocycles. The zero-order chi connectivity index (χ0) is 13.1. The molecule has 1 heterocycles. The average molecular weight is 282 g/mol. The van der Waals surface area contributed by atoms with E-state index in [2.05, 4.69) is 9.59 Å². The molecular weight excluding hydrogens is 270 g/mol. The topological polar surface area (TPSA) is 46.1 Å². The molecule has 1 amide bonds. The summed E-state index contributed by atoms with van der Waals surface area (Å²) in [5.41, 5.74) is 1.71. The van der Waals surface area contributed by atoms with E-state index >= 15 is 0 Å². The first-order valence-electron chi connectivity index (χ1n) is 5.37. The summed E-state index contributed by atoms with van der Waals surface area (Å²) in [6, 6.07) is 7.44. The Morgan fingerprint density at radius 2 is 2.06 bits per heavy atom. The number of halogens is 1. The van der Waals surface area contributed by atoms with Crippen LogP contribution in [0.4, 0.5) is 0 Å². The van der Waals surface area contributed by atoms with Crippen LogP contribution in [-0.2, 0) is 6.54 Å². The predicted molar refractivity (Wildman–Crippen MR) is 71.9 cm³/mol. The third-order valence-corrected chi connectivity index (χ3v) is 3.59. The Hall–Kier alpha value is -1.46. The van der Waals surface area contributed by atoms with Crippen molar-refractivity contribution < 1.29 is 4.79 Å². The van der Waals surface area contributed by atoms with Crippen LogP contribution < -0.4 is 0 Å². The molecule has 2 aromatic rings. The predicted octanol–water partition coefficient (Wildman–Crippen LogP) is 2.77. The van der Waals surface area contributed by atoms with Gasteiger partial charge in [-0.15, -0.1) is 5.10 Å².